The predicted molar refractivity (Wildman–Crippen MR) is 120 cm³/mol. The van der Waals surface area contributed by atoms with Gasteiger partial charge in [-0.3, -0.25) is 9.59 Å². The van der Waals surface area contributed by atoms with Crippen LogP contribution in [0.25, 0.3) is 0 Å². The summed E-state index contributed by atoms with van der Waals surface area (Å²) < 4.78 is 5.81. The van der Waals surface area contributed by atoms with Crippen LogP contribution in [0.1, 0.15) is 29.5 Å². The third-order valence-electron chi connectivity index (χ3n) is 4.93. The Kier molecular flexibility index (Phi) is 8.23. The van der Waals surface area contributed by atoms with Crippen molar-refractivity contribution in [1.29, 1.82) is 0 Å². The van der Waals surface area contributed by atoms with Crippen LogP contribution in [-0.4, -0.2) is 23.0 Å². The first-order chi connectivity index (χ1) is 15.1. The molecule has 0 bridgehead atoms. The number of rotatable bonds is 11. The second-order valence-electron chi connectivity index (χ2n) is 7.48. The van der Waals surface area contributed by atoms with Gasteiger partial charge in [0, 0.05) is 12.5 Å². The Morgan fingerprint density at radius 1 is 0.806 bits per heavy atom. The number of ether oxygens (including phenoxy) is 1. The smallest absolute Gasteiger partial charge is 0.303 e. The maximum Gasteiger partial charge on any atom is 0.303 e. The Labute approximate surface area is 182 Å². The van der Waals surface area contributed by atoms with E-state index in [-0.39, 0.29) is 24.8 Å². The van der Waals surface area contributed by atoms with Crippen molar-refractivity contribution in [1.82, 2.24) is 5.32 Å². The van der Waals surface area contributed by atoms with Crippen molar-refractivity contribution in [2.24, 2.45) is 0 Å². The Morgan fingerprint density at radius 3 is 2.03 bits per heavy atom. The minimum absolute atomic E-state index is 0.00849. The normalized spacial score (nSPS) is 11.5. The Balaban J connectivity index is 1.56. The molecule has 0 spiro atoms. The van der Waals surface area contributed by atoms with Gasteiger partial charge in [-0.1, -0.05) is 72.8 Å². The minimum Gasteiger partial charge on any atom is -0.489 e. The lowest BCUT2D eigenvalue weighted by molar-refractivity contribution is -0.137. The number of benzene rings is 3. The van der Waals surface area contributed by atoms with Crippen LogP contribution in [0.15, 0.2) is 84.9 Å². The number of carbonyl (C=O) groups is 2. The van der Waals surface area contributed by atoms with Gasteiger partial charge in [0.2, 0.25) is 5.91 Å². The summed E-state index contributed by atoms with van der Waals surface area (Å²) in [6.07, 6.45) is 1.22. The second-order valence-corrected chi connectivity index (χ2v) is 7.48. The largest absolute Gasteiger partial charge is 0.489 e. The molecule has 0 fully saturated rings. The van der Waals surface area contributed by atoms with Crippen LogP contribution in [0.4, 0.5) is 0 Å². The van der Waals surface area contributed by atoms with Gasteiger partial charge in [0.15, 0.2) is 0 Å². The van der Waals surface area contributed by atoms with E-state index in [4.69, 9.17) is 9.84 Å². The highest BCUT2D eigenvalue weighted by molar-refractivity contribution is 5.79. The molecule has 2 N–H and O–H groups in total. The third kappa shape index (κ3) is 7.97. The summed E-state index contributed by atoms with van der Waals surface area (Å²) in [7, 11) is 0. The van der Waals surface area contributed by atoms with Crippen LogP contribution in [0.5, 0.6) is 5.75 Å². The summed E-state index contributed by atoms with van der Waals surface area (Å²) >= 11 is 0. The molecular weight excluding hydrogens is 390 g/mol. The summed E-state index contributed by atoms with van der Waals surface area (Å²) in [6.45, 7) is 0.497. The molecule has 1 amide bonds. The van der Waals surface area contributed by atoms with Gasteiger partial charge in [0.1, 0.15) is 12.4 Å². The SMILES string of the molecule is O=C(O)CC[C@H](Cc1ccc(OCc2ccccc2)cc1)NC(=O)Cc1ccccc1. The number of carbonyl (C=O) groups excluding carboxylic acids is 1. The number of nitrogens with one attached hydrogen (secondary N) is 1. The maximum atomic E-state index is 12.5. The highest BCUT2D eigenvalue weighted by atomic mass is 16.5. The molecule has 0 aliphatic heterocycles. The number of hydrogen-bond donors (Lipinski definition) is 2. The van der Waals surface area contributed by atoms with Gasteiger partial charge in [0.25, 0.3) is 0 Å². The maximum absolute atomic E-state index is 12.5. The van der Waals surface area contributed by atoms with Crippen molar-refractivity contribution >= 4 is 11.9 Å². The van der Waals surface area contributed by atoms with E-state index in [2.05, 4.69) is 5.32 Å². The molecular formula is C26H27NO4. The van der Waals surface area contributed by atoms with E-state index < -0.39 is 5.97 Å². The van der Waals surface area contributed by atoms with Gasteiger partial charge in [-0.05, 0) is 41.7 Å². The zero-order valence-corrected chi connectivity index (χ0v) is 17.4. The van der Waals surface area contributed by atoms with E-state index in [0.29, 0.717) is 19.4 Å². The summed E-state index contributed by atoms with van der Waals surface area (Å²) in [5.41, 5.74) is 3.04. The summed E-state index contributed by atoms with van der Waals surface area (Å²) in [6, 6.07) is 26.9. The quantitative estimate of drug-likeness (QED) is 0.485. The molecule has 0 aliphatic rings. The van der Waals surface area contributed by atoms with Crippen LogP contribution < -0.4 is 10.1 Å². The van der Waals surface area contributed by atoms with Gasteiger partial charge in [-0.2, -0.15) is 0 Å². The van der Waals surface area contributed by atoms with E-state index in [1.54, 1.807) is 0 Å². The topological polar surface area (TPSA) is 75.6 Å². The van der Waals surface area contributed by atoms with Crippen molar-refractivity contribution in [2.45, 2.75) is 38.3 Å². The fourth-order valence-corrected chi connectivity index (χ4v) is 3.33. The van der Waals surface area contributed by atoms with Crippen molar-refractivity contribution in [3.05, 3.63) is 102 Å². The summed E-state index contributed by atoms with van der Waals surface area (Å²) in [5.74, 6) is -0.209. The molecule has 0 saturated heterocycles. The summed E-state index contributed by atoms with van der Waals surface area (Å²) in [5, 5.41) is 12.1. The van der Waals surface area contributed by atoms with Crippen LogP contribution >= 0.6 is 0 Å². The highest BCUT2D eigenvalue weighted by Crippen LogP contribution is 2.16. The molecule has 1 atom stereocenters. The lowest BCUT2D eigenvalue weighted by Crippen LogP contribution is -2.37. The number of carboxylic acid groups (broad SMARTS) is 1. The molecule has 31 heavy (non-hydrogen) atoms. The third-order valence-corrected chi connectivity index (χ3v) is 4.93. The summed E-state index contributed by atoms with van der Waals surface area (Å²) in [4.78, 5) is 23.5. The molecule has 3 aromatic carbocycles. The minimum atomic E-state index is -0.869. The van der Waals surface area contributed by atoms with E-state index in [9.17, 15) is 9.59 Å². The number of amides is 1. The molecule has 0 heterocycles. The van der Waals surface area contributed by atoms with Crippen molar-refractivity contribution in [3.63, 3.8) is 0 Å². The number of aliphatic carboxylic acids is 1. The molecule has 0 aromatic heterocycles. The zero-order chi connectivity index (χ0) is 21.9. The molecule has 5 heteroatoms. The first-order valence-electron chi connectivity index (χ1n) is 10.4. The Hall–Kier alpha value is -3.60. The fourth-order valence-electron chi connectivity index (χ4n) is 3.33. The van der Waals surface area contributed by atoms with Gasteiger partial charge in [0.05, 0.1) is 6.42 Å². The molecule has 0 radical (unpaired) electrons. The van der Waals surface area contributed by atoms with Crippen LogP contribution in [0.3, 0.4) is 0 Å². The van der Waals surface area contributed by atoms with E-state index >= 15 is 0 Å². The molecule has 0 saturated carbocycles. The van der Waals surface area contributed by atoms with Crippen molar-refractivity contribution in [3.8, 4) is 5.75 Å². The monoisotopic (exact) mass is 417 g/mol. The standard InChI is InChI=1S/C26H27NO4/c28-25(18-20-7-3-1-4-8-20)27-23(13-16-26(29)30)17-21-11-14-24(15-12-21)31-19-22-9-5-2-6-10-22/h1-12,14-15,23H,13,16-19H2,(H,27,28)(H,29,30)/t23-/m1/s1. The molecule has 3 aromatic rings. The molecule has 0 unspecified atom stereocenters. The van der Waals surface area contributed by atoms with E-state index in [1.807, 2.05) is 84.9 Å². The number of hydrogen-bond acceptors (Lipinski definition) is 3. The van der Waals surface area contributed by atoms with Gasteiger partial charge < -0.3 is 15.2 Å². The lowest BCUT2D eigenvalue weighted by atomic mass is 10.0. The van der Waals surface area contributed by atoms with Crippen LogP contribution in [0.2, 0.25) is 0 Å². The van der Waals surface area contributed by atoms with Gasteiger partial charge >= 0.3 is 5.97 Å². The second kappa shape index (κ2) is 11.6. The van der Waals surface area contributed by atoms with E-state index in [0.717, 1.165) is 22.4 Å². The molecule has 5 nitrogen and oxygen atoms in total. The van der Waals surface area contributed by atoms with Crippen molar-refractivity contribution < 1.29 is 19.4 Å². The first kappa shape index (κ1) is 22.1. The Bertz CT molecular complexity index is 956. The average molecular weight is 418 g/mol. The highest BCUT2D eigenvalue weighted by Gasteiger charge is 2.15. The van der Waals surface area contributed by atoms with Crippen LogP contribution in [-0.2, 0) is 29.0 Å². The van der Waals surface area contributed by atoms with Gasteiger partial charge in [-0.15, -0.1) is 0 Å². The molecule has 0 aliphatic carbocycles. The predicted octanol–water partition coefficient (Wildman–Crippen LogP) is 4.40. The van der Waals surface area contributed by atoms with Crippen LogP contribution in [0, 0.1) is 0 Å². The lowest BCUT2D eigenvalue weighted by Gasteiger charge is -2.19. The average Bonchev–Trinajstić information content (AvgIpc) is 2.78. The Morgan fingerprint density at radius 2 is 1.42 bits per heavy atom. The van der Waals surface area contributed by atoms with Gasteiger partial charge in [-0.25, -0.2) is 0 Å². The fraction of sp³-hybridized carbons (Fsp3) is 0.231. The van der Waals surface area contributed by atoms with Crippen molar-refractivity contribution in [2.75, 3.05) is 0 Å². The van der Waals surface area contributed by atoms with E-state index in [1.165, 1.54) is 0 Å². The first-order valence-corrected chi connectivity index (χ1v) is 10.4. The zero-order valence-electron chi connectivity index (χ0n) is 17.4. The molecule has 3 rings (SSSR count). The molecule has 160 valence electrons. The number of carboxylic acids is 1.